The zero-order chi connectivity index (χ0) is 14.8. The van der Waals surface area contributed by atoms with Crippen LogP contribution >= 0.6 is 0 Å². The van der Waals surface area contributed by atoms with Gasteiger partial charge in [-0.1, -0.05) is 0 Å². The summed E-state index contributed by atoms with van der Waals surface area (Å²) in [6.07, 6.45) is 4.09. The van der Waals surface area contributed by atoms with E-state index in [2.05, 4.69) is 15.6 Å². The van der Waals surface area contributed by atoms with Crippen LogP contribution in [0.3, 0.4) is 0 Å². The number of rotatable bonds is 8. The molecule has 0 bridgehead atoms. The van der Waals surface area contributed by atoms with Gasteiger partial charge in [0, 0.05) is 50.8 Å². The summed E-state index contributed by atoms with van der Waals surface area (Å²) in [5.41, 5.74) is 0.519. The number of aromatic nitrogens is 1. The van der Waals surface area contributed by atoms with Gasteiger partial charge in [-0.05, 0) is 18.6 Å². The zero-order valence-electron chi connectivity index (χ0n) is 11.5. The van der Waals surface area contributed by atoms with Crippen LogP contribution < -0.4 is 10.6 Å². The molecule has 2 N–H and O–H groups in total. The quantitative estimate of drug-likeness (QED) is 0.540. The minimum Gasteiger partial charge on any atom is -0.356 e. The first-order chi connectivity index (χ1) is 9.59. The van der Waals surface area contributed by atoms with E-state index >= 15 is 0 Å². The van der Waals surface area contributed by atoms with Gasteiger partial charge >= 0.3 is 0 Å². The Labute approximate surface area is 118 Å². The van der Waals surface area contributed by atoms with Crippen molar-refractivity contribution >= 4 is 17.6 Å². The van der Waals surface area contributed by atoms with E-state index in [-0.39, 0.29) is 30.4 Å². The predicted octanol–water partition coefficient (Wildman–Crippen LogP) is 0.687. The lowest BCUT2D eigenvalue weighted by Crippen LogP contribution is -2.28. The largest absolute Gasteiger partial charge is 0.356 e. The second-order valence-corrected chi connectivity index (χ2v) is 4.35. The smallest absolute Gasteiger partial charge is 0.220 e. The summed E-state index contributed by atoms with van der Waals surface area (Å²) in [7, 11) is 0. The second kappa shape index (κ2) is 8.79. The van der Waals surface area contributed by atoms with E-state index in [9.17, 15) is 14.4 Å². The predicted molar refractivity (Wildman–Crippen MR) is 74.1 cm³/mol. The first kappa shape index (κ1) is 15.8. The Morgan fingerprint density at radius 1 is 1.15 bits per heavy atom. The number of pyridine rings is 1. The van der Waals surface area contributed by atoms with Crippen LogP contribution in [0, 0.1) is 0 Å². The van der Waals surface area contributed by atoms with Gasteiger partial charge in [0.25, 0.3) is 0 Å². The van der Waals surface area contributed by atoms with Crippen molar-refractivity contribution in [1.82, 2.24) is 15.6 Å². The monoisotopic (exact) mass is 277 g/mol. The third-order valence-electron chi connectivity index (χ3n) is 2.61. The Bertz CT molecular complexity index is 460. The van der Waals surface area contributed by atoms with Gasteiger partial charge < -0.3 is 10.6 Å². The van der Waals surface area contributed by atoms with E-state index in [1.54, 1.807) is 18.3 Å². The molecule has 0 aromatic carbocycles. The molecular weight excluding hydrogens is 258 g/mol. The number of carbonyl (C=O) groups is 3. The van der Waals surface area contributed by atoms with E-state index in [4.69, 9.17) is 0 Å². The molecule has 6 nitrogen and oxygen atoms in total. The Hall–Kier alpha value is -2.24. The molecule has 0 spiro atoms. The van der Waals surface area contributed by atoms with E-state index in [0.717, 1.165) is 0 Å². The third-order valence-corrected chi connectivity index (χ3v) is 2.61. The number of ketones is 1. The van der Waals surface area contributed by atoms with Crippen molar-refractivity contribution < 1.29 is 14.4 Å². The maximum absolute atomic E-state index is 11.7. The standard InChI is InChI=1S/C14H19N3O3/c1-11(18)16-8-3-9-17-14(20)6-5-13(19)12-4-2-7-15-10-12/h2,4,7,10H,3,5-6,8-9H2,1H3,(H,16,18)(H,17,20). The highest BCUT2D eigenvalue weighted by atomic mass is 16.2. The molecule has 2 amide bonds. The van der Waals surface area contributed by atoms with Crippen molar-refractivity contribution in [2.75, 3.05) is 13.1 Å². The Kier molecular flexibility index (Phi) is 6.95. The van der Waals surface area contributed by atoms with Crippen molar-refractivity contribution in [3.63, 3.8) is 0 Å². The molecule has 1 rings (SSSR count). The van der Waals surface area contributed by atoms with Crippen molar-refractivity contribution in [2.24, 2.45) is 0 Å². The summed E-state index contributed by atoms with van der Waals surface area (Å²) in [6, 6.07) is 3.37. The summed E-state index contributed by atoms with van der Waals surface area (Å²) in [5, 5.41) is 5.34. The maximum atomic E-state index is 11.7. The summed E-state index contributed by atoms with van der Waals surface area (Å²) in [6.45, 7) is 2.47. The summed E-state index contributed by atoms with van der Waals surface area (Å²) >= 11 is 0. The minimum atomic E-state index is -0.162. The lowest BCUT2D eigenvalue weighted by molar-refractivity contribution is -0.121. The Morgan fingerprint density at radius 3 is 2.55 bits per heavy atom. The van der Waals surface area contributed by atoms with Crippen molar-refractivity contribution in [1.29, 1.82) is 0 Å². The molecular formula is C14H19N3O3. The second-order valence-electron chi connectivity index (χ2n) is 4.35. The first-order valence-electron chi connectivity index (χ1n) is 6.54. The molecule has 108 valence electrons. The fraction of sp³-hybridized carbons (Fsp3) is 0.429. The van der Waals surface area contributed by atoms with Crippen molar-refractivity contribution in [3.05, 3.63) is 30.1 Å². The molecule has 20 heavy (non-hydrogen) atoms. The molecule has 0 unspecified atom stereocenters. The van der Waals surface area contributed by atoms with Gasteiger partial charge in [0.2, 0.25) is 11.8 Å². The van der Waals surface area contributed by atoms with E-state index < -0.39 is 0 Å². The Balaban J connectivity index is 2.14. The molecule has 1 aromatic heterocycles. The highest BCUT2D eigenvalue weighted by Gasteiger charge is 2.08. The summed E-state index contributed by atoms with van der Waals surface area (Å²) in [4.78, 5) is 37.7. The van der Waals surface area contributed by atoms with Gasteiger partial charge in [0.05, 0.1) is 0 Å². The van der Waals surface area contributed by atoms with Gasteiger partial charge in [-0.3, -0.25) is 19.4 Å². The van der Waals surface area contributed by atoms with Crippen LogP contribution in [-0.4, -0.2) is 35.7 Å². The molecule has 1 aromatic rings. The number of carbonyl (C=O) groups excluding carboxylic acids is 3. The number of nitrogens with one attached hydrogen (secondary N) is 2. The third kappa shape index (κ3) is 6.63. The van der Waals surface area contributed by atoms with Crippen LogP contribution in [0.2, 0.25) is 0 Å². The van der Waals surface area contributed by atoms with E-state index in [0.29, 0.717) is 25.1 Å². The zero-order valence-corrected chi connectivity index (χ0v) is 11.5. The maximum Gasteiger partial charge on any atom is 0.220 e. The van der Waals surface area contributed by atoms with E-state index in [1.165, 1.54) is 13.1 Å². The molecule has 0 radical (unpaired) electrons. The minimum absolute atomic E-state index is 0.0848. The number of Topliss-reactive ketones (excluding diaryl/α,β-unsaturated/α-hetero) is 1. The topological polar surface area (TPSA) is 88.2 Å². The van der Waals surface area contributed by atoms with Crippen molar-refractivity contribution in [3.8, 4) is 0 Å². The molecule has 0 fully saturated rings. The van der Waals surface area contributed by atoms with Crippen LogP contribution in [0.1, 0.15) is 36.5 Å². The van der Waals surface area contributed by atoms with Gasteiger partial charge in [0.15, 0.2) is 5.78 Å². The molecule has 1 heterocycles. The summed E-state index contributed by atoms with van der Waals surface area (Å²) in [5.74, 6) is -0.338. The number of hydrogen-bond donors (Lipinski definition) is 2. The molecule has 0 saturated heterocycles. The molecule has 0 saturated carbocycles. The lowest BCUT2D eigenvalue weighted by Gasteiger charge is -2.05. The molecule has 0 aliphatic heterocycles. The van der Waals surface area contributed by atoms with Crippen LogP contribution in [0.5, 0.6) is 0 Å². The van der Waals surface area contributed by atoms with Crippen LogP contribution in [0.4, 0.5) is 0 Å². The van der Waals surface area contributed by atoms with Crippen LogP contribution in [0.25, 0.3) is 0 Å². The van der Waals surface area contributed by atoms with Crippen molar-refractivity contribution in [2.45, 2.75) is 26.2 Å². The highest BCUT2D eigenvalue weighted by Crippen LogP contribution is 2.03. The SMILES string of the molecule is CC(=O)NCCCNC(=O)CCC(=O)c1cccnc1. The molecule has 6 heteroatoms. The van der Waals surface area contributed by atoms with E-state index in [1.807, 2.05) is 0 Å². The number of amides is 2. The fourth-order valence-corrected chi connectivity index (χ4v) is 1.57. The highest BCUT2D eigenvalue weighted by molar-refractivity contribution is 5.97. The van der Waals surface area contributed by atoms with Gasteiger partial charge in [-0.25, -0.2) is 0 Å². The van der Waals surface area contributed by atoms with Gasteiger partial charge in [-0.2, -0.15) is 0 Å². The average Bonchev–Trinajstić information content (AvgIpc) is 2.45. The Morgan fingerprint density at radius 2 is 1.90 bits per heavy atom. The lowest BCUT2D eigenvalue weighted by atomic mass is 10.1. The molecule has 0 aliphatic carbocycles. The number of hydrogen-bond acceptors (Lipinski definition) is 4. The van der Waals surface area contributed by atoms with Crippen LogP contribution in [0.15, 0.2) is 24.5 Å². The summed E-state index contributed by atoms with van der Waals surface area (Å²) < 4.78 is 0. The van der Waals surface area contributed by atoms with Gasteiger partial charge in [0.1, 0.15) is 0 Å². The molecule has 0 aliphatic rings. The molecule has 0 atom stereocenters. The fourth-order valence-electron chi connectivity index (χ4n) is 1.57. The normalized spacial score (nSPS) is 9.85. The first-order valence-corrected chi connectivity index (χ1v) is 6.54. The average molecular weight is 277 g/mol. The van der Waals surface area contributed by atoms with Crippen LogP contribution in [-0.2, 0) is 9.59 Å². The van der Waals surface area contributed by atoms with Gasteiger partial charge in [-0.15, -0.1) is 0 Å². The number of nitrogens with zero attached hydrogens (tertiary/aromatic N) is 1.